The topological polar surface area (TPSA) is 89.6 Å². The van der Waals surface area contributed by atoms with E-state index in [-0.39, 0.29) is 36.4 Å². The van der Waals surface area contributed by atoms with Gasteiger partial charge in [0.05, 0.1) is 32.4 Å². The largest absolute Gasteiger partial charge is 0.493 e. The number of carbonyl (C=O) groups excluding carboxylic acids is 2. The molecule has 2 aliphatic rings. The molecule has 2 aromatic carbocycles. The Morgan fingerprint density at radius 1 is 1.13 bits per heavy atom. The highest BCUT2D eigenvalue weighted by atomic mass is 16.5. The molecule has 2 aliphatic heterocycles. The Labute approximate surface area is 231 Å². The first-order valence-electron chi connectivity index (χ1n) is 13.7. The summed E-state index contributed by atoms with van der Waals surface area (Å²) in [4.78, 5) is 30.1. The maximum Gasteiger partial charge on any atom is 0.234 e. The van der Waals surface area contributed by atoms with Crippen molar-refractivity contribution in [1.29, 1.82) is 0 Å². The average Bonchev–Trinajstić information content (AvgIpc) is 2.92. The summed E-state index contributed by atoms with van der Waals surface area (Å²) in [5, 5.41) is 3.20. The van der Waals surface area contributed by atoms with Gasteiger partial charge in [-0.05, 0) is 48.2 Å². The summed E-state index contributed by atoms with van der Waals surface area (Å²) in [6.45, 7) is 7.28. The number of benzene rings is 2. The first-order valence-corrected chi connectivity index (χ1v) is 13.7. The van der Waals surface area contributed by atoms with Gasteiger partial charge in [0.1, 0.15) is 5.75 Å². The van der Waals surface area contributed by atoms with Gasteiger partial charge in [0.2, 0.25) is 11.8 Å². The summed E-state index contributed by atoms with van der Waals surface area (Å²) in [7, 11) is 3.30. The number of nitrogens with zero attached hydrogens (tertiary/aromatic N) is 2. The van der Waals surface area contributed by atoms with Crippen LogP contribution in [0.1, 0.15) is 37.8 Å². The van der Waals surface area contributed by atoms with Gasteiger partial charge in [0.15, 0.2) is 11.5 Å². The number of carbonyl (C=O) groups is 2. The van der Waals surface area contributed by atoms with Crippen LogP contribution < -0.4 is 14.8 Å². The second-order valence-electron chi connectivity index (χ2n) is 10.5. The van der Waals surface area contributed by atoms with Crippen LogP contribution >= 0.6 is 0 Å². The van der Waals surface area contributed by atoms with Crippen LogP contribution in [0, 0.1) is 5.92 Å². The smallest absolute Gasteiger partial charge is 0.234 e. The van der Waals surface area contributed by atoms with Crippen molar-refractivity contribution in [3.05, 3.63) is 53.6 Å². The lowest BCUT2D eigenvalue weighted by Gasteiger charge is -2.39. The summed E-state index contributed by atoms with van der Waals surface area (Å²) in [6.07, 6.45) is 1.23. The highest BCUT2D eigenvalue weighted by Crippen LogP contribution is 2.33. The molecule has 2 heterocycles. The van der Waals surface area contributed by atoms with Crippen molar-refractivity contribution in [2.24, 2.45) is 5.92 Å². The molecule has 1 fully saturated rings. The first kappa shape index (κ1) is 28.9. The fourth-order valence-electron chi connectivity index (χ4n) is 5.12. The lowest BCUT2D eigenvalue weighted by Crippen LogP contribution is -2.58. The fourth-order valence-corrected chi connectivity index (χ4v) is 5.12. The van der Waals surface area contributed by atoms with Gasteiger partial charge in [0.25, 0.3) is 0 Å². The van der Waals surface area contributed by atoms with E-state index in [9.17, 15) is 9.59 Å². The van der Waals surface area contributed by atoms with E-state index in [0.29, 0.717) is 63.1 Å². The van der Waals surface area contributed by atoms with E-state index in [1.807, 2.05) is 61.2 Å². The number of fused-ring (bicyclic) bond motifs is 5. The van der Waals surface area contributed by atoms with Crippen molar-refractivity contribution in [3.8, 4) is 17.2 Å². The van der Waals surface area contributed by atoms with Crippen LogP contribution in [0.3, 0.4) is 0 Å². The van der Waals surface area contributed by atoms with Crippen LogP contribution in [0.5, 0.6) is 17.2 Å². The third kappa shape index (κ3) is 7.94. The Bertz CT molecular complexity index is 1120. The number of rotatable bonds is 6. The van der Waals surface area contributed by atoms with Gasteiger partial charge in [0, 0.05) is 45.8 Å². The minimum absolute atomic E-state index is 0.0936. The SMILES string of the molecule is COCCCN1CC(=O)N[C@@H]2CN(C(=O)C(C)C)CC[C@@H]2OCc2cccc(c2)Oc2cc(ccc2OC)C1. The van der Waals surface area contributed by atoms with E-state index in [0.717, 1.165) is 17.5 Å². The van der Waals surface area contributed by atoms with Crippen molar-refractivity contribution in [2.75, 3.05) is 47.0 Å². The van der Waals surface area contributed by atoms with E-state index in [1.165, 1.54) is 0 Å². The molecule has 2 amide bonds. The molecule has 9 nitrogen and oxygen atoms in total. The van der Waals surface area contributed by atoms with E-state index in [1.54, 1.807) is 14.2 Å². The predicted molar refractivity (Wildman–Crippen MR) is 148 cm³/mol. The van der Waals surface area contributed by atoms with Crippen LogP contribution in [-0.2, 0) is 32.2 Å². The van der Waals surface area contributed by atoms with Crippen LogP contribution in [0.2, 0.25) is 0 Å². The van der Waals surface area contributed by atoms with Gasteiger partial charge >= 0.3 is 0 Å². The molecule has 0 aliphatic carbocycles. The maximum absolute atomic E-state index is 13.4. The quantitative estimate of drug-likeness (QED) is 0.561. The van der Waals surface area contributed by atoms with Gasteiger partial charge in [-0.1, -0.05) is 32.0 Å². The summed E-state index contributed by atoms with van der Waals surface area (Å²) in [6, 6.07) is 13.3. The number of ether oxygens (including phenoxy) is 4. The van der Waals surface area contributed by atoms with Crippen molar-refractivity contribution >= 4 is 11.8 Å². The minimum atomic E-state index is -0.297. The highest BCUT2D eigenvalue weighted by Gasteiger charge is 2.34. The number of nitrogens with one attached hydrogen (secondary N) is 1. The maximum atomic E-state index is 13.4. The standard InChI is InChI=1S/C30H41N3O6/c1-21(2)30(35)33-13-11-26-25(18-33)31-29(34)19-32(12-6-14-36-3)17-22-9-10-27(37-4)28(16-22)39-24-8-5-7-23(15-24)20-38-26/h5,7-10,15-16,21,25-26H,6,11-14,17-20H2,1-4H3,(H,31,34)/t25-,26+/m1/s1. The monoisotopic (exact) mass is 539 g/mol. The normalized spacial score (nSPS) is 20.6. The number of likely N-dealkylation sites (tertiary alicyclic amines) is 1. The number of hydrogen-bond donors (Lipinski definition) is 1. The van der Waals surface area contributed by atoms with Crippen molar-refractivity contribution in [3.63, 3.8) is 0 Å². The molecule has 0 unspecified atom stereocenters. The van der Waals surface area contributed by atoms with Gasteiger partial charge in [-0.2, -0.15) is 0 Å². The second-order valence-corrected chi connectivity index (χ2v) is 10.5. The van der Waals surface area contributed by atoms with Crippen molar-refractivity contribution < 1.29 is 28.5 Å². The molecule has 39 heavy (non-hydrogen) atoms. The molecule has 0 radical (unpaired) electrons. The molecule has 4 bridgehead atoms. The van der Waals surface area contributed by atoms with E-state index >= 15 is 0 Å². The van der Waals surface area contributed by atoms with Crippen LogP contribution in [-0.4, -0.2) is 80.8 Å². The Morgan fingerprint density at radius 2 is 1.97 bits per heavy atom. The van der Waals surface area contributed by atoms with Crippen LogP contribution in [0.15, 0.2) is 42.5 Å². The zero-order chi connectivity index (χ0) is 27.8. The molecule has 212 valence electrons. The molecule has 1 saturated heterocycles. The lowest BCUT2D eigenvalue weighted by atomic mass is 10.00. The van der Waals surface area contributed by atoms with Crippen molar-refractivity contribution in [1.82, 2.24) is 15.1 Å². The molecule has 0 spiro atoms. The van der Waals surface area contributed by atoms with E-state index < -0.39 is 0 Å². The van der Waals surface area contributed by atoms with Gasteiger partial charge in [-0.15, -0.1) is 0 Å². The lowest BCUT2D eigenvalue weighted by molar-refractivity contribution is -0.140. The van der Waals surface area contributed by atoms with Crippen LogP contribution in [0.25, 0.3) is 0 Å². The zero-order valence-corrected chi connectivity index (χ0v) is 23.5. The molecule has 2 atom stereocenters. The molecule has 0 saturated carbocycles. The number of methoxy groups -OCH3 is 2. The minimum Gasteiger partial charge on any atom is -0.493 e. The Hall–Kier alpha value is -3.14. The number of amides is 2. The van der Waals surface area contributed by atoms with E-state index in [4.69, 9.17) is 18.9 Å². The molecule has 9 heteroatoms. The fraction of sp³-hybridized carbons (Fsp3) is 0.533. The van der Waals surface area contributed by atoms with Gasteiger partial charge in [-0.3, -0.25) is 14.5 Å². The zero-order valence-electron chi connectivity index (χ0n) is 23.5. The van der Waals surface area contributed by atoms with Crippen LogP contribution in [0.4, 0.5) is 0 Å². The molecule has 2 aromatic rings. The van der Waals surface area contributed by atoms with Gasteiger partial charge < -0.3 is 29.2 Å². The number of hydrogen-bond acceptors (Lipinski definition) is 7. The Kier molecular flexibility index (Phi) is 10.2. The highest BCUT2D eigenvalue weighted by molar-refractivity contribution is 5.80. The average molecular weight is 540 g/mol. The molecular weight excluding hydrogens is 498 g/mol. The number of piperidine rings is 1. The second kappa shape index (κ2) is 13.8. The Morgan fingerprint density at radius 3 is 2.74 bits per heavy atom. The summed E-state index contributed by atoms with van der Waals surface area (Å²) in [5.74, 6) is 1.84. The molecular formula is C30H41N3O6. The summed E-state index contributed by atoms with van der Waals surface area (Å²) in [5.41, 5.74) is 1.97. The first-order chi connectivity index (χ1) is 18.9. The van der Waals surface area contributed by atoms with E-state index in [2.05, 4.69) is 10.2 Å². The molecule has 0 aromatic heterocycles. The molecule has 4 rings (SSSR count). The van der Waals surface area contributed by atoms with Gasteiger partial charge in [-0.25, -0.2) is 0 Å². The summed E-state index contributed by atoms with van der Waals surface area (Å²) < 4.78 is 23.4. The third-order valence-corrected chi connectivity index (χ3v) is 7.12. The summed E-state index contributed by atoms with van der Waals surface area (Å²) >= 11 is 0. The van der Waals surface area contributed by atoms with Crippen molar-refractivity contribution in [2.45, 2.75) is 52.0 Å². The predicted octanol–water partition coefficient (Wildman–Crippen LogP) is 3.60. The third-order valence-electron chi connectivity index (χ3n) is 7.12. The molecule has 1 N–H and O–H groups in total. The Balaban J connectivity index is 1.63.